The molecule has 0 bridgehead atoms. The molecule has 0 saturated carbocycles. The lowest BCUT2D eigenvalue weighted by atomic mass is 9.96. The third-order valence-corrected chi connectivity index (χ3v) is 5.70. The van der Waals surface area contributed by atoms with E-state index in [9.17, 15) is 9.59 Å². The number of carbonyl (C=O) groups is 2. The van der Waals surface area contributed by atoms with Gasteiger partial charge < -0.3 is 28.8 Å². The second-order valence-electron chi connectivity index (χ2n) is 7.67. The van der Waals surface area contributed by atoms with Crippen LogP contribution < -0.4 is 23.7 Å². The number of carbonyl (C=O) groups excluding carboxylic acids is 1. The molecule has 2 atom stereocenters. The van der Waals surface area contributed by atoms with E-state index >= 15 is 0 Å². The summed E-state index contributed by atoms with van der Waals surface area (Å²) >= 11 is 5.84. The highest BCUT2D eigenvalue weighted by molar-refractivity contribution is 6.29. The summed E-state index contributed by atoms with van der Waals surface area (Å²) in [5.74, 6) is 0.621. The van der Waals surface area contributed by atoms with Crippen molar-refractivity contribution < 1.29 is 38.4 Å². The van der Waals surface area contributed by atoms with Gasteiger partial charge >= 0.3 is 11.9 Å². The molecule has 0 amide bonds. The van der Waals surface area contributed by atoms with Gasteiger partial charge in [-0.1, -0.05) is 12.1 Å². The lowest BCUT2D eigenvalue weighted by molar-refractivity contribution is -0.136. The number of benzene rings is 2. The van der Waals surface area contributed by atoms with Gasteiger partial charge in [-0.3, -0.25) is 9.59 Å². The first-order valence-electron chi connectivity index (χ1n) is 10.5. The summed E-state index contributed by atoms with van der Waals surface area (Å²) in [6.45, 7) is 3.47. The van der Waals surface area contributed by atoms with Crippen LogP contribution in [-0.2, 0) is 22.4 Å². The number of carboxylic acid groups (broad SMARTS) is 1. The molecule has 0 spiro atoms. The van der Waals surface area contributed by atoms with Gasteiger partial charge in [-0.25, -0.2) is 0 Å². The van der Waals surface area contributed by atoms with Crippen LogP contribution in [0.25, 0.3) is 0 Å². The van der Waals surface area contributed by atoms with Crippen molar-refractivity contribution in [1.29, 1.82) is 0 Å². The SMILES string of the molecule is COc1c(OC(C)=O)c(C)c2c(c1OC)OC(COc1cccc(CC(Cl)C(=O)O)c1)CC2. The number of carboxylic acids is 1. The average molecular weight is 479 g/mol. The largest absolute Gasteiger partial charge is 0.490 e. The maximum Gasteiger partial charge on any atom is 0.321 e. The number of hydrogen-bond donors (Lipinski definition) is 1. The monoisotopic (exact) mass is 478 g/mol. The normalized spacial score (nSPS) is 15.6. The van der Waals surface area contributed by atoms with E-state index in [4.69, 9.17) is 40.4 Å². The number of methoxy groups -OCH3 is 2. The zero-order valence-electron chi connectivity index (χ0n) is 19.0. The number of alkyl halides is 1. The summed E-state index contributed by atoms with van der Waals surface area (Å²) in [4.78, 5) is 22.6. The molecular weight excluding hydrogens is 452 g/mol. The van der Waals surface area contributed by atoms with Crippen molar-refractivity contribution in [3.8, 4) is 28.7 Å². The van der Waals surface area contributed by atoms with Gasteiger partial charge in [0.25, 0.3) is 0 Å². The molecule has 2 unspecified atom stereocenters. The highest BCUT2D eigenvalue weighted by Crippen LogP contribution is 2.51. The van der Waals surface area contributed by atoms with Gasteiger partial charge in [0.05, 0.1) is 14.2 Å². The molecule has 0 saturated heterocycles. The van der Waals surface area contributed by atoms with Gasteiger partial charge in [-0.15, -0.1) is 11.6 Å². The second-order valence-corrected chi connectivity index (χ2v) is 8.20. The summed E-state index contributed by atoms with van der Waals surface area (Å²) in [6.07, 6.45) is 1.31. The Bertz CT molecular complexity index is 1040. The van der Waals surface area contributed by atoms with E-state index in [1.807, 2.05) is 6.92 Å². The predicted molar refractivity (Wildman–Crippen MR) is 121 cm³/mol. The summed E-state index contributed by atoms with van der Waals surface area (Å²) < 4.78 is 28.6. The summed E-state index contributed by atoms with van der Waals surface area (Å²) in [7, 11) is 2.98. The van der Waals surface area contributed by atoms with Crippen LogP contribution in [0.3, 0.4) is 0 Å². The molecule has 9 heteroatoms. The molecule has 8 nitrogen and oxygen atoms in total. The Kier molecular flexibility index (Phi) is 7.92. The fourth-order valence-corrected chi connectivity index (χ4v) is 3.96. The minimum Gasteiger partial charge on any atom is -0.490 e. The minimum absolute atomic E-state index is 0.197. The van der Waals surface area contributed by atoms with E-state index in [-0.39, 0.29) is 19.1 Å². The molecule has 0 aromatic heterocycles. The highest BCUT2D eigenvalue weighted by Gasteiger charge is 2.32. The van der Waals surface area contributed by atoms with Crippen molar-refractivity contribution in [3.05, 3.63) is 41.0 Å². The zero-order valence-corrected chi connectivity index (χ0v) is 19.7. The Labute approximate surface area is 197 Å². The molecule has 3 rings (SSSR count). The van der Waals surface area contributed by atoms with Gasteiger partial charge in [-0.2, -0.15) is 0 Å². The van der Waals surface area contributed by atoms with Crippen LogP contribution in [0, 0.1) is 6.92 Å². The fraction of sp³-hybridized carbons (Fsp3) is 0.417. The number of hydrogen-bond acceptors (Lipinski definition) is 7. The van der Waals surface area contributed by atoms with Crippen molar-refractivity contribution in [3.63, 3.8) is 0 Å². The molecule has 178 valence electrons. The third kappa shape index (κ3) is 5.63. The van der Waals surface area contributed by atoms with E-state index < -0.39 is 17.3 Å². The van der Waals surface area contributed by atoms with Gasteiger partial charge in [0.2, 0.25) is 11.5 Å². The number of fused-ring (bicyclic) bond motifs is 1. The molecule has 0 radical (unpaired) electrons. The van der Waals surface area contributed by atoms with Crippen LogP contribution in [0.1, 0.15) is 30.0 Å². The lowest BCUT2D eigenvalue weighted by Crippen LogP contribution is -2.30. The predicted octanol–water partition coefficient (Wildman–Crippen LogP) is 3.94. The van der Waals surface area contributed by atoms with Crippen LogP contribution in [0.15, 0.2) is 24.3 Å². The van der Waals surface area contributed by atoms with E-state index in [2.05, 4.69) is 0 Å². The Morgan fingerprint density at radius 2 is 1.94 bits per heavy atom. The van der Waals surface area contributed by atoms with E-state index in [0.717, 1.165) is 16.7 Å². The minimum atomic E-state index is -1.06. The van der Waals surface area contributed by atoms with E-state index in [1.54, 1.807) is 24.3 Å². The van der Waals surface area contributed by atoms with Crippen molar-refractivity contribution in [2.45, 2.75) is 44.6 Å². The molecule has 0 aliphatic carbocycles. The first-order valence-corrected chi connectivity index (χ1v) is 10.9. The molecule has 2 aromatic rings. The van der Waals surface area contributed by atoms with Gasteiger partial charge in [0.15, 0.2) is 11.5 Å². The maximum absolute atomic E-state index is 11.6. The quantitative estimate of drug-likeness (QED) is 0.328. The second kappa shape index (κ2) is 10.7. The Morgan fingerprint density at radius 3 is 2.58 bits per heavy atom. The molecule has 0 fully saturated rings. The zero-order chi connectivity index (χ0) is 24.1. The first kappa shape index (κ1) is 24.5. The molecule has 33 heavy (non-hydrogen) atoms. The Balaban J connectivity index is 1.77. The number of ether oxygens (including phenoxy) is 5. The molecule has 1 N–H and O–H groups in total. The highest BCUT2D eigenvalue weighted by atomic mass is 35.5. The molecule has 2 aromatic carbocycles. The van der Waals surface area contributed by atoms with Crippen molar-refractivity contribution in [2.75, 3.05) is 20.8 Å². The van der Waals surface area contributed by atoms with Crippen LogP contribution >= 0.6 is 11.6 Å². The Morgan fingerprint density at radius 1 is 1.21 bits per heavy atom. The van der Waals surface area contributed by atoms with Gasteiger partial charge in [-0.05, 0) is 43.9 Å². The van der Waals surface area contributed by atoms with Gasteiger partial charge in [0, 0.05) is 18.1 Å². The van der Waals surface area contributed by atoms with E-state index in [0.29, 0.717) is 41.6 Å². The average Bonchev–Trinajstić information content (AvgIpc) is 2.79. The van der Waals surface area contributed by atoms with Crippen LogP contribution in [-0.4, -0.2) is 49.4 Å². The number of esters is 1. The van der Waals surface area contributed by atoms with Crippen molar-refractivity contribution >= 4 is 23.5 Å². The molecular formula is C24H27ClO8. The van der Waals surface area contributed by atoms with Crippen molar-refractivity contribution in [2.24, 2.45) is 0 Å². The van der Waals surface area contributed by atoms with Crippen LogP contribution in [0.2, 0.25) is 0 Å². The fourth-order valence-electron chi connectivity index (χ4n) is 3.78. The molecule has 1 aliphatic rings. The molecule has 1 aliphatic heterocycles. The number of rotatable bonds is 9. The first-order chi connectivity index (χ1) is 15.7. The Hall–Kier alpha value is -3.13. The molecule has 1 heterocycles. The summed E-state index contributed by atoms with van der Waals surface area (Å²) in [6, 6.07) is 7.16. The van der Waals surface area contributed by atoms with Crippen LogP contribution in [0.5, 0.6) is 28.7 Å². The number of aliphatic carboxylic acids is 1. The third-order valence-electron chi connectivity index (χ3n) is 5.36. The number of halogens is 1. The summed E-state index contributed by atoms with van der Waals surface area (Å²) in [5, 5.41) is 8.00. The van der Waals surface area contributed by atoms with Crippen LogP contribution in [0.4, 0.5) is 0 Å². The standard InChI is InChI=1S/C24H27ClO8/c1-13-18-9-8-17(12-31-16-7-5-6-15(10-16)11-19(25)24(27)28)33-21(18)23(30-4)22(29-3)20(13)32-14(2)26/h5-7,10,17,19H,8-9,11-12H2,1-4H3,(H,27,28). The van der Waals surface area contributed by atoms with E-state index in [1.165, 1.54) is 21.1 Å². The van der Waals surface area contributed by atoms with Crippen molar-refractivity contribution in [1.82, 2.24) is 0 Å². The smallest absolute Gasteiger partial charge is 0.321 e. The maximum atomic E-state index is 11.6. The summed E-state index contributed by atoms with van der Waals surface area (Å²) in [5.41, 5.74) is 2.42. The topological polar surface area (TPSA) is 101 Å². The lowest BCUT2D eigenvalue weighted by Gasteiger charge is -2.30. The van der Waals surface area contributed by atoms with Gasteiger partial charge in [0.1, 0.15) is 23.8 Å².